The Kier molecular flexibility index (Phi) is 3.71. The van der Waals surface area contributed by atoms with Crippen molar-refractivity contribution in [2.75, 3.05) is 26.8 Å². The van der Waals surface area contributed by atoms with Gasteiger partial charge in [0.1, 0.15) is 11.2 Å². The molecule has 5 N–H and O–H groups in total. The molecule has 0 amide bonds. The molecule has 1 heterocycles. The van der Waals surface area contributed by atoms with Gasteiger partial charge >= 0.3 is 0 Å². The maximum atomic E-state index is 12.3. The highest BCUT2D eigenvalue weighted by molar-refractivity contribution is 5.38. The number of aliphatic hydroxyl groups is 5. The molecule has 7 heteroatoms. The fourth-order valence-corrected chi connectivity index (χ4v) is 10.1. The molecule has 0 aromatic heterocycles. The highest BCUT2D eigenvalue weighted by Crippen LogP contribution is 2.79. The lowest BCUT2D eigenvalue weighted by Crippen LogP contribution is -2.81. The van der Waals surface area contributed by atoms with Crippen molar-refractivity contribution in [3.63, 3.8) is 0 Å². The monoisotopic (exact) mass is 409 g/mol. The van der Waals surface area contributed by atoms with Gasteiger partial charge in [-0.3, -0.25) is 4.90 Å². The van der Waals surface area contributed by atoms with Crippen LogP contribution in [0.2, 0.25) is 0 Å². The normalized spacial score (nSPS) is 65.1. The topological polar surface area (TPSA) is 114 Å². The van der Waals surface area contributed by atoms with Crippen molar-refractivity contribution in [3.05, 3.63) is 0 Å². The molecule has 5 saturated carbocycles. The summed E-state index contributed by atoms with van der Waals surface area (Å²) < 4.78 is 5.70. The first kappa shape index (κ1) is 19.4. The van der Waals surface area contributed by atoms with E-state index in [0.29, 0.717) is 38.8 Å². The maximum Gasteiger partial charge on any atom is 0.110 e. The molecule has 29 heavy (non-hydrogen) atoms. The largest absolute Gasteiger partial charge is 0.396 e. The third kappa shape index (κ3) is 1.74. The molecule has 0 radical (unpaired) electrons. The minimum absolute atomic E-state index is 0.0356. The molecule has 6 aliphatic rings. The number of piperidine rings is 1. The van der Waals surface area contributed by atoms with E-state index in [-0.39, 0.29) is 41.9 Å². The second kappa shape index (κ2) is 5.55. The van der Waals surface area contributed by atoms with E-state index in [1.54, 1.807) is 7.11 Å². The van der Waals surface area contributed by atoms with Crippen molar-refractivity contribution in [1.82, 2.24) is 4.90 Å². The average Bonchev–Trinajstić information content (AvgIpc) is 3.08. The number of likely N-dealkylation sites (tertiary alicyclic amines) is 1. The molecule has 5 aliphatic carbocycles. The number of aliphatic hydroxyl groups excluding tert-OH is 3. The van der Waals surface area contributed by atoms with E-state index in [1.807, 2.05) is 0 Å². The Balaban J connectivity index is 1.63. The zero-order valence-electron chi connectivity index (χ0n) is 17.4. The van der Waals surface area contributed by atoms with Crippen LogP contribution < -0.4 is 0 Å². The minimum Gasteiger partial charge on any atom is -0.396 e. The maximum absolute atomic E-state index is 12.3. The smallest absolute Gasteiger partial charge is 0.110 e. The van der Waals surface area contributed by atoms with Crippen molar-refractivity contribution in [2.45, 2.75) is 74.6 Å². The van der Waals surface area contributed by atoms with E-state index in [0.717, 1.165) is 6.42 Å². The average molecular weight is 410 g/mol. The number of ether oxygens (including phenoxy) is 1. The van der Waals surface area contributed by atoms with Crippen LogP contribution in [-0.4, -0.2) is 92.8 Å². The molecule has 164 valence electrons. The Morgan fingerprint density at radius 2 is 1.90 bits per heavy atom. The molecule has 7 nitrogen and oxygen atoms in total. The third-order valence-corrected chi connectivity index (χ3v) is 10.9. The van der Waals surface area contributed by atoms with E-state index >= 15 is 0 Å². The Labute approximate surface area is 171 Å². The van der Waals surface area contributed by atoms with Gasteiger partial charge in [0.05, 0.1) is 24.9 Å². The number of fused-ring (bicyclic) bond motifs is 2. The van der Waals surface area contributed by atoms with Crippen LogP contribution in [0.25, 0.3) is 0 Å². The fraction of sp³-hybridized carbons (Fsp3) is 1.00. The Bertz CT molecular complexity index is 736. The standard InChI is InChI=1S/C22H35NO6/c1-3-23-9-19(10-24)5-4-15(25)22-12-6-11-13(29-2)7-20(27,16(12)17(11)26)21(28,18(22)23)8-14(19)22/h11-18,24-28H,3-10H2,1-2H3/t11-,12-,13+,14-,15+,16-,17+,18-,19+,20-,21-,22-/m1/s1. The summed E-state index contributed by atoms with van der Waals surface area (Å²) in [5.74, 6) is -0.665. The van der Waals surface area contributed by atoms with Gasteiger partial charge in [0.15, 0.2) is 0 Å². The Morgan fingerprint density at radius 3 is 2.55 bits per heavy atom. The molecule has 1 aliphatic heterocycles. The fourth-order valence-electron chi connectivity index (χ4n) is 10.1. The van der Waals surface area contributed by atoms with Gasteiger partial charge in [-0.1, -0.05) is 6.92 Å². The highest BCUT2D eigenvalue weighted by Gasteiger charge is 2.88. The van der Waals surface area contributed by atoms with Crippen LogP contribution in [0.1, 0.15) is 39.0 Å². The quantitative estimate of drug-likeness (QED) is 0.420. The van der Waals surface area contributed by atoms with Gasteiger partial charge in [-0.25, -0.2) is 0 Å². The molecule has 7 bridgehead atoms. The number of hydrogen-bond donors (Lipinski definition) is 5. The van der Waals surface area contributed by atoms with Crippen LogP contribution in [0.4, 0.5) is 0 Å². The second-order valence-corrected chi connectivity index (χ2v) is 11.1. The van der Waals surface area contributed by atoms with Crippen LogP contribution in [-0.2, 0) is 4.74 Å². The molecule has 6 fully saturated rings. The Hall–Kier alpha value is -0.280. The first-order valence-corrected chi connectivity index (χ1v) is 11.4. The summed E-state index contributed by atoms with van der Waals surface area (Å²) in [7, 11) is 1.62. The van der Waals surface area contributed by atoms with Gasteiger partial charge in [0, 0.05) is 48.8 Å². The predicted molar refractivity (Wildman–Crippen MR) is 103 cm³/mol. The minimum atomic E-state index is -1.45. The van der Waals surface area contributed by atoms with E-state index in [1.165, 1.54) is 0 Å². The van der Waals surface area contributed by atoms with Gasteiger partial charge in [-0.15, -0.1) is 0 Å². The molecule has 1 saturated heterocycles. The second-order valence-electron chi connectivity index (χ2n) is 11.1. The van der Waals surface area contributed by atoms with Crippen molar-refractivity contribution in [2.24, 2.45) is 34.5 Å². The van der Waals surface area contributed by atoms with E-state index in [4.69, 9.17) is 4.74 Å². The molecule has 0 aromatic rings. The molecular formula is C22H35NO6. The summed E-state index contributed by atoms with van der Waals surface area (Å²) in [4.78, 5) is 2.23. The summed E-state index contributed by atoms with van der Waals surface area (Å²) in [5, 5.41) is 57.9. The van der Waals surface area contributed by atoms with Crippen LogP contribution >= 0.6 is 0 Å². The zero-order chi connectivity index (χ0) is 20.6. The van der Waals surface area contributed by atoms with Crippen LogP contribution in [0.15, 0.2) is 0 Å². The molecular weight excluding hydrogens is 374 g/mol. The predicted octanol–water partition coefficient (Wildman–Crippen LogP) is -0.662. The van der Waals surface area contributed by atoms with Gasteiger partial charge in [-0.2, -0.15) is 0 Å². The zero-order valence-corrected chi connectivity index (χ0v) is 17.4. The first-order valence-electron chi connectivity index (χ1n) is 11.4. The van der Waals surface area contributed by atoms with Crippen molar-refractivity contribution in [3.8, 4) is 0 Å². The van der Waals surface area contributed by atoms with Crippen LogP contribution in [0, 0.1) is 34.5 Å². The Morgan fingerprint density at radius 1 is 1.14 bits per heavy atom. The number of likely N-dealkylation sites (N-methyl/N-ethyl adjacent to an activating group) is 1. The van der Waals surface area contributed by atoms with Gasteiger partial charge < -0.3 is 30.3 Å². The van der Waals surface area contributed by atoms with Crippen molar-refractivity contribution >= 4 is 0 Å². The van der Waals surface area contributed by atoms with Gasteiger partial charge in [-0.05, 0) is 44.1 Å². The van der Waals surface area contributed by atoms with E-state index in [2.05, 4.69) is 11.8 Å². The van der Waals surface area contributed by atoms with Gasteiger partial charge in [0.2, 0.25) is 0 Å². The lowest BCUT2D eigenvalue weighted by atomic mass is 9.43. The van der Waals surface area contributed by atoms with Gasteiger partial charge in [0.25, 0.3) is 0 Å². The highest BCUT2D eigenvalue weighted by atomic mass is 16.5. The lowest BCUT2D eigenvalue weighted by molar-refractivity contribution is -0.312. The molecule has 0 unspecified atom stereocenters. The summed E-state index contributed by atoms with van der Waals surface area (Å²) in [5.41, 5.74) is -3.84. The summed E-state index contributed by atoms with van der Waals surface area (Å²) in [6, 6.07) is -0.354. The molecule has 6 rings (SSSR count). The molecule has 0 aromatic carbocycles. The first-order chi connectivity index (χ1) is 13.7. The summed E-state index contributed by atoms with van der Waals surface area (Å²) >= 11 is 0. The summed E-state index contributed by atoms with van der Waals surface area (Å²) in [6.45, 7) is 3.48. The SMILES string of the molecule is CCN1C[C@]2(CO)CC[C@H](O)[C@@]34[C@@H]5C[C@H]6[C@H](O)[C@@H]5[C@](O)(C[C@@H]6OC)[C@@](O)(C[C@H]23)[C@@H]14. The van der Waals surface area contributed by atoms with Crippen molar-refractivity contribution in [1.29, 1.82) is 0 Å². The molecule has 1 spiro atoms. The molecule has 12 atom stereocenters. The summed E-state index contributed by atoms with van der Waals surface area (Å²) in [6.07, 6.45) is 1.11. The van der Waals surface area contributed by atoms with E-state index in [9.17, 15) is 25.5 Å². The van der Waals surface area contributed by atoms with Crippen molar-refractivity contribution < 1.29 is 30.3 Å². The number of methoxy groups -OCH3 is 1. The number of rotatable bonds is 3. The van der Waals surface area contributed by atoms with Crippen LogP contribution in [0.3, 0.4) is 0 Å². The lowest BCUT2D eigenvalue weighted by Gasteiger charge is -2.70. The number of hydrogen-bond acceptors (Lipinski definition) is 7. The van der Waals surface area contributed by atoms with E-state index < -0.39 is 34.7 Å². The third-order valence-electron chi connectivity index (χ3n) is 10.9. The van der Waals surface area contributed by atoms with Crippen LogP contribution in [0.5, 0.6) is 0 Å². The number of nitrogens with zero attached hydrogens (tertiary/aromatic N) is 1.